The highest BCUT2D eigenvalue weighted by Gasteiger charge is 2.13. The van der Waals surface area contributed by atoms with E-state index in [1.54, 1.807) is 24.5 Å². The molecule has 0 aliphatic carbocycles. The summed E-state index contributed by atoms with van der Waals surface area (Å²) in [6, 6.07) is 4.35. The number of rotatable bonds is 3. The van der Waals surface area contributed by atoms with Crippen LogP contribution in [-0.2, 0) is 6.42 Å². The van der Waals surface area contributed by atoms with Crippen LogP contribution in [0.4, 0.5) is 4.39 Å². The number of nitrogens with one attached hydrogen (secondary N) is 1. The van der Waals surface area contributed by atoms with Gasteiger partial charge in [-0.1, -0.05) is 15.9 Å². The number of H-pyrrole nitrogens is 1. The Bertz CT molecular complexity index is 470. The summed E-state index contributed by atoms with van der Waals surface area (Å²) in [5.74, 6) is 0.467. The summed E-state index contributed by atoms with van der Waals surface area (Å²) in [5, 5.41) is 0. The quantitative estimate of drug-likeness (QED) is 0.910. The first-order valence-electron chi connectivity index (χ1n) is 4.85. The van der Waals surface area contributed by atoms with Gasteiger partial charge in [0.15, 0.2) is 0 Å². The fourth-order valence-corrected chi connectivity index (χ4v) is 1.91. The van der Waals surface area contributed by atoms with Gasteiger partial charge in [0.25, 0.3) is 0 Å². The predicted octanol–water partition coefficient (Wildman–Crippen LogP) is 2.55. The molecule has 1 aromatic heterocycles. The van der Waals surface area contributed by atoms with Crippen LogP contribution in [0.5, 0.6) is 0 Å². The van der Waals surface area contributed by atoms with Crippen molar-refractivity contribution in [2.45, 2.75) is 12.5 Å². The number of halogens is 2. The first-order valence-corrected chi connectivity index (χ1v) is 5.65. The molecular weight excluding hydrogens is 273 g/mol. The second kappa shape index (κ2) is 4.76. The van der Waals surface area contributed by atoms with Crippen LogP contribution in [0.25, 0.3) is 0 Å². The Morgan fingerprint density at radius 1 is 1.50 bits per heavy atom. The number of imidazole rings is 1. The molecule has 84 valence electrons. The number of aromatic nitrogens is 2. The minimum atomic E-state index is -0.399. The number of benzene rings is 1. The van der Waals surface area contributed by atoms with Crippen LogP contribution in [0.2, 0.25) is 0 Å². The van der Waals surface area contributed by atoms with Gasteiger partial charge < -0.3 is 10.7 Å². The number of nitrogens with zero attached hydrogens (tertiary/aromatic N) is 1. The van der Waals surface area contributed by atoms with Crippen LogP contribution >= 0.6 is 15.9 Å². The highest BCUT2D eigenvalue weighted by atomic mass is 79.9. The Morgan fingerprint density at radius 3 is 3.00 bits per heavy atom. The second-order valence-electron chi connectivity index (χ2n) is 3.51. The summed E-state index contributed by atoms with van der Waals surface area (Å²) >= 11 is 3.30. The third kappa shape index (κ3) is 2.48. The molecule has 3 nitrogen and oxygen atoms in total. The van der Waals surface area contributed by atoms with Gasteiger partial charge in [0.05, 0.1) is 0 Å². The van der Waals surface area contributed by atoms with E-state index in [1.165, 1.54) is 6.07 Å². The molecule has 0 saturated heterocycles. The average Bonchev–Trinajstić information content (AvgIpc) is 2.74. The van der Waals surface area contributed by atoms with Crippen molar-refractivity contribution in [2.24, 2.45) is 5.73 Å². The summed E-state index contributed by atoms with van der Waals surface area (Å²) in [6.45, 7) is 0. The molecule has 3 N–H and O–H groups in total. The summed E-state index contributed by atoms with van der Waals surface area (Å²) in [4.78, 5) is 7.01. The Hall–Kier alpha value is -1.20. The van der Waals surface area contributed by atoms with Crippen molar-refractivity contribution in [1.82, 2.24) is 9.97 Å². The van der Waals surface area contributed by atoms with Crippen LogP contribution in [0, 0.1) is 5.82 Å². The lowest BCUT2D eigenvalue weighted by Crippen LogP contribution is -2.15. The van der Waals surface area contributed by atoms with Gasteiger partial charge in [-0.2, -0.15) is 0 Å². The zero-order valence-electron chi connectivity index (χ0n) is 8.45. The van der Waals surface area contributed by atoms with Gasteiger partial charge in [-0.15, -0.1) is 0 Å². The monoisotopic (exact) mass is 283 g/mol. The van der Waals surface area contributed by atoms with Gasteiger partial charge in [-0.05, 0) is 18.2 Å². The second-order valence-corrected chi connectivity index (χ2v) is 4.43. The molecule has 0 bridgehead atoms. The summed E-state index contributed by atoms with van der Waals surface area (Å²) < 4.78 is 14.3. The SMILES string of the molecule is NC(Cc1ncc[nH]1)c1cc(Br)ccc1F. The molecule has 1 heterocycles. The minimum absolute atomic E-state index is 0.290. The topological polar surface area (TPSA) is 54.7 Å². The van der Waals surface area contributed by atoms with Crippen LogP contribution in [0.3, 0.4) is 0 Å². The fourth-order valence-electron chi connectivity index (χ4n) is 1.53. The largest absolute Gasteiger partial charge is 0.349 e. The molecule has 0 radical (unpaired) electrons. The van der Waals surface area contributed by atoms with Crippen molar-refractivity contribution >= 4 is 15.9 Å². The molecule has 0 fully saturated rings. The first-order chi connectivity index (χ1) is 7.66. The van der Waals surface area contributed by atoms with E-state index < -0.39 is 6.04 Å². The van der Waals surface area contributed by atoms with E-state index in [4.69, 9.17) is 5.73 Å². The van der Waals surface area contributed by atoms with Gasteiger partial charge in [0.1, 0.15) is 11.6 Å². The van der Waals surface area contributed by atoms with E-state index >= 15 is 0 Å². The molecule has 2 rings (SSSR count). The standard InChI is InChI=1S/C11H11BrFN3/c12-7-1-2-9(13)8(5-7)10(14)6-11-15-3-4-16-11/h1-5,10H,6,14H2,(H,15,16). The molecule has 5 heteroatoms. The third-order valence-corrected chi connectivity index (χ3v) is 2.82. The summed E-state index contributed by atoms with van der Waals surface area (Å²) in [7, 11) is 0. The van der Waals surface area contributed by atoms with Gasteiger partial charge in [-0.3, -0.25) is 0 Å². The maximum atomic E-state index is 13.5. The van der Waals surface area contributed by atoms with Gasteiger partial charge in [0, 0.05) is 34.9 Å². The fraction of sp³-hybridized carbons (Fsp3) is 0.182. The average molecular weight is 284 g/mol. The van der Waals surface area contributed by atoms with Crippen molar-refractivity contribution in [1.29, 1.82) is 0 Å². The van der Waals surface area contributed by atoms with Crippen LogP contribution in [0.1, 0.15) is 17.4 Å². The van der Waals surface area contributed by atoms with Gasteiger partial charge >= 0.3 is 0 Å². The van der Waals surface area contributed by atoms with Crippen LogP contribution in [-0.4, -0.2) is 9.97 Å². The number of hydrogen-bond donors (Lipinski definition) is 2. The van der Waals surface area contributed by atoms with Crippen LogP contribution in [0.15, 0.2) is 35.1 Å². The van der Waals surface area contributed by atoms with Crippen molar-refractivity contribution in [3.63, 3.8) is 0 Å². The van der Waals surface area contributed by atoms with Crippen molar-refractivity contribution < 1.29 is 4.39 Å². The number of aromatic amines is 1. The van der Waals surface area contributed by atoms with E-state index in [1.807, 2.05) is 0 Å². The predicted molar refractivity (Wildman–Crippen MR) is 63.3 cm³/mol. The molecule has 1 unspecified atom stereocenters. The molecule has 0 aliphatic rings. The molecule has 1 aromatic carbocycles. The molecule has 2 aromatic rings. The van der Waals surface area contributed by atoms with E-state index in [2.05, 4.69) is 25.9 Å². The van der Waals surface area contributed by atoms with Crippen molar-refractivity contribution in [3.8, 4) is 0 Å². The highest BCUT2D eigenvalue weighted by molar-refractivity contribution is 9.10. The van der Waals surface area contributed by atoms with Gasteiger partial charge in [-0.25, -0.2) is 9.37 Å². The molecule has 0 saturated carbocycles. The summed E-state index contributed by atoms with van der Waals surface area (Å²) in [6.07, 6.45) is 3.86. The zero-order chi connectivity index (χ0) is 11.5. The number of nitrogens with two attached hydrogens (primary N) is 1. The molecule has 16 heavy (non-hydrogen) atoms. The van der Waals surface area contributed by atoms with Gasteiger partial charge in [0.2, 0.25) is 0 Å². The maximum Gasteiger partial charge on any atom is 0.128 e. The highest BCUT2D eigenvalue weighted by Crippen LogP contribution is 2.22. The Morgan fingerprint density at radius 2 is 2.31 bits per heavy atom. The Labute approximate surface area is 101 Å². The number of hydrogen-bond acceptors (Lipinski definition) is 2. The molecule has 0 amide bonds. The summed E-state index contributed by atoms with van der Waals surface area (Å²) in [5.41, 5.74) is 6.43. The minimum Gasteiger partial charge on any atom is -0.349 e. The van der Waals surface area contributed by atoms with E-state index in [0.717, 1.165) is 10.3 Å². The smallest absolute Gasteiger partial charge is 0.128 e. The lowest BCUT2D eigenvalue weighted by Gasteiger charge is -2.11. The normalized spacial score (nSPS) is 12.7. The third-order valence-electron chi connectivity index (χ3n) is 2.33. The molecule has 0 aliphatic heterocycles. The Balaban J connectivity index is 2.20. The lowest BCUT2D eigenvalue weighted by atomic mass is 10.0. The van der Waals surface area contributed by atoms with Crippen molar-refractivity contribution in [2.75, 3.05) is 0 Å². The van der Waals surface area contributed by atoms with Crippen LogP contribution < -0.4 is 5.73 Å². The lowest BCUT2D eigenvalue weighted by molar-refractivity contribution is 0.575. The molecular formula is C11H11BrFN3. The van der Waals surface area contributed by atoms with E-state index in [9.17, 15) is 4.39 Å². The molecule has 1 atom stereocenters. The zero-order valence-corrected chi connectivity index (χ0v) is 10.0. The maximum absolute atomic E-state index is 13.5. The first kappa shape index (κ1) is 11.3. The Kier molecular flexibility index (Phi) is 3.36. The van der Waals surface area contributed by atoms with E-state index in [0.29, 0.717) is 12.0 Å². The van der Waals surface area contributed by atoms with E-state index in [-0.39, 0.29) is 5.82 Å². The molecule has 0 spiro atoms. The van der Waals surface area contributed by atoms with Crippen molar-refractivity contribution in [3.05, 3.63) is 52.3 Å².